The summed E-state index contributed by atoms with van der Waals surface area (Å²) in [7, 11) is -3.29. The van der Waals surface area contributed by atoms with Crippen molar-refractivity contribution in [2.75, 3.05) is 7.11 Å². The van der Waals surface area contributed by atoms with E-state index in [0.29, 0.717) is 11.1 Å². The first kappa shape index (κ1) is 15.8. The smallest absolute Gasteiger partial charge is 0.307 e. The summed E-state index contributed by atoms with van der Waals surface area (Å²) in [6, 6.07) is 0. The van der Waals surface area contributed by atoms with Gasteiger partial charge in [-0.3, -0.25) is 8.74 Å². The van der Waals surface area contributed by atoms with E-state index in [4.69, 9.17) is 4.55 Å². The number of piperidine rings is 1. The molecule has 1 rings (SSSR count). The second kappa shape index (κ2) is 5.44. The quantitative estimate of drug-likeness (QED) is 0.696. The van der Waals surface area contributed by atoms with Crippen LogP contribution in [0.1, 0.15) is 47.0 Å². The van der Waals surface area contributed by atoms with Crippen LogP contribution in [0.5, 0.6) is 0 Å². The van der Waals surface area contributed by atoms with Crippen molar-refractivity contribution >= 4 is 10.4 Å². The summed E-state index contributed by atoms with van der Waals surface area (Å²) in [5.41, 5.74) is 0.726. The van der Waals surface area contributed by atoms with Gasteiger partial charge in [-0.1, -0.05) is 0 Å². The standard InChI is InChI=1S/C9H19N.CH4O4S/c1-8(2)6-5-7-9(3,4)10-8;1-5-6(2,3)4/h10H,5-7H2,1-4H3;1H3,(H,2,3,4). The minimum atomic E-state index is -4.16. The fraction of sp³-hybridized carbons (Fsp3) is 1.00. The van der Waals surface area contributed by atoms with E-state index in [-0.39, 0.29) is 0 Å². The van der Waals surface area contributed by atoms with Crippen LogP contribution in [0.15, 0.2) is 0 Å². The van der Waals surface area contributed by atoms with Gasteiger partial charge in [0.2, 0.25) is 0 Å². The molecule has 0 aromatic heterocycles. The van der Waals surface area contributed by atoms with Crippen LogP contribution in [0, 0.1) is 0 Å². The van der Waals surface area contributed by atoms with Crippen LogP contribution in [0.25, 0.3) is 0 Å². The number of hydrogen-bond acceptors (Lipinski definition) is 4. The molecule has 2 N–H and O–H groups in total. The van der Waals surface area contributed by atoms with Crippen LogP contribution in [0.2, 0.25) is 0 Å². The van der Waals surface area contributed by atoms with Gasteiger partial charge in [-0.25, -0.2) is 0 Å². The Morgan fingerprint density at radius 3 is 1.56 bits per heavy atom. The van der Waals surface area contributed by atoms with Gasteiger partial charge in [0.1, 0.15) is 0 Å². The van der Waals surface area contributed by atoms with Gasteiger partial charge < -0.3 is 5.32 Å². The molecule has 0 atom stereocenters. The fourth-order valence-corrected chi connectivity index (χ4v) is 2.01. The maximum atomic E-state index is 9.33. The second-order valence-corrected chi connectivity index (χ2v) is 6.53. The van der Waals surface area contributed by atoms with Crippen molar-refractivity contribution in [3.05, 3.63) is 0 Å². The third-order valence-corrected chi connectivity index (χ3v) is 2.91. The average molecular weight is 253 g/mol. The lowest BCUT2D eigenvalue weighted by atomic mass is 9.83. The molecule has 1 aliphatic heterocycles. The molecule has 6 heteroatoms. The molecule has 0 unspecified atom stereocenters. The summed E-state index contributed by atoms with van der Waals surface area (Å²) in [6.45, 7) is 9.14. The van der Waals surface area contributed by atoms with Crippen LogP contribution >= 0.6 is 0 Å². The maximum Gasteiger partial charge on any atom is 0.397 e. The summed E-state index contributed by atoms with van der Waals surface area (Å²) in [6.07, 6.45) is 4.00. The lowest BCUT2D eigenvalue weighted by molar-refractivity contribution is 0.183. The minimum Gasteiger partial charge on any atom is -0.307 e. The van der Waals surface area contributed by atoms with Gasteiger partial charge in [0.05, 0.1) is 7.11 Å². The van der Waals surface area contributed by atoms with Crippen molar-refractivity contribution in [3.8, 4) is 0 Å². The van der Waals surface area contributed by atoms with E-state index in [1.165, 1.54) is 19.3 Å². The van der Waals surface area contributed by atoms with Crippen molar-refractivity contribution < 1.29 is 17.2 Å². The Morgan fingerprint density at radius 1 is 1.12 bits per heavy atom. The van der Waals surface area contributed by atoms with Gasteiger partial charge in [-0.15, -0.1) is 0 Å². The van der Waals surface area contributed by atoms with Crippen molar-refractivity contribution in [2.24, 2.45) is 0 Å². The Morgan fingerprint density at radius 2 is 1.44 bits per heavy atom. The normalized spacial score (nSPS) is 23.1. The van der Waals surface area contributed by atoms with E-state index in [0.717, 1.165) is 7.11 Å². The molecule has 16 heavy (non-hydrogen) atoms. The predicted molar refractivity (Wildman–Crippen MR) is 63.7 cm³/mol. The summed E-state index contributed by atoms with van der Waals surface area (Å²) in [5, 5.41) is 3.63. The first-order chi connectivity index (χ1) is 6.97. The van der Waals surface area contributed by atoms with Gasteiger partial charge in [-0.2, -0.15) is 8.42 Å². The molecule has 0 aliphatic carbocycles. The third-order valence-electron chi connectivity index (χ3n) is 2.49. The van der Waals surface area contributed by atoms with Crippen molar-refractivity contribution in [1.82, 2.24) is 5.32 Å². The molecule has 1 saturated heterocycles. The highest BCUT2D eigenvalue weighted by atomic mass is 32.3. The monoisotopic (exact) mass is 253 g/mol. The molecule has 0 spiro atoms. The van der Waals surface area contributed by atoms with Crippen LogP contribution < -0.4 is 5.32 Å². The predicted octanol–water partition coefficient (Wildman–Crippen LogP) is 1.75. The maximum absolute atomic E-state index is 9.33. The van der Waals surface area contributed by atoms with Crippen molar-refractivity contribution in [1.29, 1.82) is 0 Å². The fourth-order valence-electron chi connectivity index (χ4n) is 2.01. The molecule has 1 fully saturated rings. The molecule has 1 heterocycles. The highest BCUT2D eigenvalue weighted by Crippen LogP contribution is 2.27. The van der Waals surface area contributed by atoms with Gasteiger partial charge in [0, 0.05) is 11.1 Å². The van der Waals surface area contributed by atoms with Crippen LogP contribution in [0.4, 0.5) is 0 Å². The van der Waals surface area contributed by atoms with Crippen molar-refractivity contribution in [3.63, 3.8) is 0 Å². The molecule has 1 aliphatic rings. The van der Waals surface area contributed by atoms with E-state index in [1.807, 2.05) is 0 Å². The second-order valence-electron chi connectivity index (χ2n) is 5.34. The first-order valence-electron chi connectivity index (χ1n) is 5.30. The lowest BCUT2D eigenvalue weighted by Crippen LogP contribution is -2.55. The van der Waals surface area contributed by atoms with E-state index in [9.17, 15) is 8.42 Å². The molecule has 0 aromatic rings. The summed E-state index contributed by atoms with van der Waals surface area (Å²) >= 11 is 0. The van der Waals surface area contributed by atoms with E-state index < -0.39 is 10.4 Å². The Labute approximate surface area is 98.5 Å². The zero-order valence-electron chi connectivity index (χ0n) is 10.7. The molecule has 0 amide bonds. The minimum absolute atomic E-state index is 0.363. The highest BCUT2D eigenvalue weighted by molar-refractivity contribution is 7.80. The first-order valence-corrected chi connectivity index (χ1v) is 6.66. The zero-order chi connectivity index (χ0) is 13.0. The van der Waals surface area contributed by atoms with E-state index in [1.54, 1.807) is 0 Å². The van der Waals surface area contributed by atoms with Crippen LogP contribution in [-0.2, 0) is 14.6 Å². The molecular weight excluding hydrogens is 230 g/mol. The Balaban J connectivity index is 0.000000325. The molecule has 0 radical (unpaired) electrons. The van der Waals surface area contributed by atoms with E-state index >= 15 is 0 Å². The average Bonchev–Trinajstić information content (AvgIpc) is 1.99. The van der Waals surface area contributed by atoms with E-state index in [2.05, 4.69) is 37.2 Å². The van der Waals surface area contributed by atoms with Gasteiger partial charge in [-0.05, 0) is 47.0 Å². The Hall–Kier alpha value is -0.170. The molecular formula is C10H23NO4S. The lowest BCUT2D eigenvalue weighted by Gasteiger charge is -2.42. The van der Waals surface area contributed by atoms with Crippen molar-refractivity contribution in [2.45, 2.75) is 58.0 Å². The molecule has 5 nitrogen and oxygen atoms in total. The molecule has 0 saturated carbocycles. The third kappa shape index (κ3) is 8.04. The topological polar surface area (TPSA) is 75.6 Å². The van der Waals surface area contributed by atoms with Gasteiger partial charge >= 0.3 is 10.4 Å². The summed E-state index contributed by atoms with van der Waals surface area (Å²) in [5.74, 6) is 0. The largest absolute Gasteiger partial charge is 0.397 e. The number of rotatable bonds is 1. The van der Waals surface area contributed by atoms with Crippen LogP contribution in [-0.4, -0.2) is 31.2 Å². The summed E-state index contributed by atoms with van der Waals surface area (Å²) in [4.78, 5) is 0. The van der Waals surface area contributed by atoms with Gasteiger partial charge in [0.15, 0.2) is 0 Å². The zero-order valence-corrected chi connectivity index (χ0v) is 11.5. The number of hydrogen-bond donors (Lipinski definition) is 2. The SMILES string of the molecule is CC1(C)CCCC(C)(C)N1.COS(=O)(=O)O. The molecule has 98 valence electrons. The Kier molecular flexibility index (Phi) is 5.38. The molecule has 0 aromatic carbocycles. The molecule has 0 bridgehead atoms. The summed E-state index contributed by atoms with van der Waals surface area (Å²) < 4.78 is 29.7. The Bertz CT molecular complexity index is 295. The van der Waals surface area contributed by atoms with Crippen LogP contribution in [0.3, 0.4) is 0 Å². The highest BCUT2D eigenvalue weighted by Gasteiger charge is 2.31. The van der Waals surface area contributed by atoms with Gasteiger partial charge in [0.25, 0.3) is 0 Å². The number of nitrogens with one attached hydrogen (secondary N) is 1.